The monoisotopic (exact) mass is 238 g/mol. The Bertz CT molecular complexity index is 278. The summed E-state index contributed by atoms with van der Waals surface area (Å²) in [6.45, 7) is 7.91. The molecule has 0 aromatic rings. The summed E-state index contributed by atoms with van der Waals surface area (Å²) < 4.78 is 12.1. The summed E-state index contributed by atoms with van der Waals surface area (Å²) in [5.74, 6) is 3.95. The number of hydrogen-bond acceptors (Lipinski definition) is 2. The second-order valence-corrected chi connectivity index (χ2v) is 6.66. The van der Waals surface area contributed by atoms with Crippen LogP contribution in [-0.2, 0) is 9.47 Å². The lowest BCUT2D eigenvalue weighted by atomic mass is 9.61. The highest BCUT2D eigenvalue weighted by atomic mass is 16.7. The summed E-state index contributed by atoms with van der Waals surface area (Å²) in [5, 5.41) is 0. The topological polar surface area (TPSA) is 18.5 Å². The minimum absolute atomic E-state index is 0.0986. The van der Waals surface area contributed by atoms with Crippen molar-refractivity contribution in [1.29, 1.82) is 0 Å². The van der Waals surface area contributed by atoms with Crippen molar-refractivity contribution in [3.63, 3.8) is 0 Å². The average molecular weight is 238 g/mol. The fourth-order valence-electron chi connectivity index (χ4n) is 4.44. The minimum Gasteiger partial charge on any atom is -0.352 e. The third kappa shape index (κ3) is 2.04. The van der Waals surface area contributed by atoms with Crippen LogP contribution in [0.15, 0.2) is 0 Å². The van der Waals surface area contributed by atoms with E-state index in [1.165, 1.54) is 25.7 Å². The zero-order valence-electron chi connectivity index (χ0n) is 11.4. The third-order valence-electron chi connectivity index (χ3n) is 5.52. The van der Waals surface area contributed by atoms with E-state index in [2.05, 4.69) is 20.8 Å². The van der Waals surface area contributed by atoms with Crippen LogP contribution in [-0.4, -0.2) is 19.0 Å². The van der Waals surface area contributed by atoms with Crippen molar-refractivity contribution in [2.75, 3.05) is 6.61 Å². The van der Waals surface area contributed by atoms with E-state index in [1.807, 2.05) is 0 Å². The van der Waals surface area contributed by atoms with E-state index in [0.717, 1.165) is 30.3 Å². The Morgan fingerprint density at radius 2 is 1.53 bits per heavy atom. The molecule has 0 radical (unpaired) electrons. The van der Waals surface area contributed by atoms with Gasteiger partial charge in [0.25, 0.3) is 0 Å². The van der Waals surface area contributed by atoms with Crippen molar-refractivity contribution in [1.82, 2.24) is 0 Å². The zero-order chi connectivity index (χ0) is 12.0. The first-order chi connectivity index (χ1) is 8.16. The van der Waals surface area contributed by atoms with E-state index in [9.17, 15) is 0 Å². The Morgan fingerprint density at radius 3 is 2.35 bits per heavy atom. The van der Waals surface area contributed by atoms with Crippen molar-refractivity contribution >= 4 is 0 Å². The summed E-state index contributed by atoms with van der Waals surface area (Å²) >= 11 is 0. The van der Waals surface area contributed by atoms with Gasteiger partial charge in [-0.1, -0.05) is 20.3 Å². The van der Waals surface area contributed by atoms with Crippen molar-refractivity contribution < 1.29 is 9.47 Å². The van der Waals surface area contributed by atoms with Gasteiger partial charge in [0.2, 0.25) is 0 Å². The molecular formula is C15H26O2. The SMILES string of the molecule is C[C@@H]1CCC2C3[C@H](OC[C@@H]2C)O[C@@H](C)CC[C@H]31. The van der Waals surface area contributed by atoms with Crippen molar-refractivity contribution in [2.45, 2.75) is 58.8 Å². The lowest BCUT2D eigenvalue weighted by molar-refractivity contribution is -0.249. The Morgan fingerprint density at radius 1 is 0.824 bits per heavy atom. The summed E-state index contributed by atoms with van der Waals surface area (Å²) in [6.07, 6.45) is 5.84. The highest BCUT2D eigenvalue weighted by molar-refractivity contribution is 4.93. The van der Waals surface area contributed by atoms with Crippen LogP contribution >= 0.6 is 0 Å². The molecule has 2 nitrogen and oxygen atoms in total. The maximum atomic E-state index is 6.13. The van der Waals surface area contributed by atoms with Gasteiger partial charge in [-0.25, -0.2) is 0 Å². The van der Waals surface area contributed by atoms with Gasteiger partial charge in [-0.05, 0) is 49.9 Å². The average Bonchev–Trinajstić information content (AvgIpc) is 2.47. The molecule has 3 aliphatic rings. The lowest BCUT2D eigenvalue weighted by Gasteiger charge is -2.49. The molecule has 0 amide bonds. The molecule has 2 heterocycles. The van der Waals surface area contributed by atoms with Gasteiger partial charge in [0.05, 0.1) is 12.7 Å². The molecule has 0 aromatic carbocycles. The van der Waals surface area contributed by atoms with Crippen LogP contribution in [0.3, 0.4) is 0 Å². The first-order valence-electron chi connectivity index (χ1n) is 7.44. The van der Waals surface area contributed by atoms with Crippen LogP contribution in [0.2, 0.25) is 0 Å². The molecule has 98 valence electrons. The van der Waals surface area contributed by atoms with E-state index in [1.54, 1.807) is 0 Å². The molecule has 2 saturated heterocycles. The number of hydrogen-bond donors (Lipinski definition) is 0. The molecular weight excluding hydrogens is 212 g/mol. The largest absolute Gasteiger partial charge is 0.352 e. The Kier molecular flexibility index (Phi) is 3.20. The first kappa shape index (κ1) is 12.0. The molecule has 0 spiro atoms. The fourth-order valence-corrected chi connectivity index (χ4v) is 4.44. The van der Waals surface area contributed by atoms with Gasteiger partial charge >= 0.3 is 0 Å². The highest BCUT2D eigenvalue weighted by Gasteiger charge is 2.49. The van der Waals surface area contributed by atoms with Gasteiger partial charge < -0.3 is 9.47 Å². The number of rotatable bonds is 0. The molecule has 2 heteroatoms. The van der Waals surface area contributed by atoms with Crippen molar-refractivity contribution in [2.24, 2.45) is 29.6 Å². The maximum Gasteiger partial charge on any atom is 0.161 e. The minimum atomic E-state index is 0.0986. The standard InChI is InChI=1S/C15H26O2/c1-9-4-6-13-10(2)8-16-15-14(13)12(9)7-5-11(3)17-15/h9-15H,4-8H2,1-3H3/t9-,10+,11+,12+,13?,14?,15-/m1/s1. The van der Waals surface area contributed by atoms with Crippen LogP contribution in [0.1, 0.15) is 46.5 Å². The Labute approximate surface area is 105 Å². The molecule has 0 aromatic heterocycles. The molecule has 7 atom stereocenters. The fraction of sp³-hybridized carbons (Fsp3) is 1.00. The number of ether oxygens (including phenoxy) is 2. The smallest absolute Gasteiger partial charge is 0.161 e. The van der Waals surface area contributed by atoms with Gasteiger partial charge in [-0.3, -0.25) is 0 Å². The first-order valence-corrected chi connectivity index (χ1v) is 7.44. The normalized spacial score (nSPS) is 54.9. The van der Waals surface area contributed by atoms with E-state index in [0.29, 0.717) is 12.0 Å². The maximum absolute atomic E-state index is 6.13. The lowest BCUT2D eigenvalue weighted by Crippen LogP contribution is -2.49. The molecule has 17 heavy (non-hydrogen) atoms. The third-order valence-corrected chi connectivity index (χ3v) is 5.52. The van der Waals surface area contributed by atoms with Gasteiger partial charge in [0, 0.05) is 5.92 Å². The molecule has 3 fully saturated rings. The van der Waals surface area contributed by atoms with Crippen LogP contribution in [0.4, 0.5) is 0 Å². The van der Waals surface area contributed by atoms with Crippen LogP contribution in [0.25, 0.3) is 0 Å². The van der Waals surface area contributed by atoms with Gasteiger partial charge in [-0.15, -0.1) is 0 Å². The Hall–Kier alpha value is -0.0800. The molecule has 0 bridgehead atoms. The second-order valence-electron chi connectivity index (χ2n) is 6.66. The molecule has 1 saturated carbocycles. The van der Waals surface area contributed by atoms with E-state index in [4.69, 9.17) is 9.47 Å². The molecule has 1 aliphatic carbocycles. The van der Waals surface area contributed by atoms with Gasteiger partial charge in [0.15, 0.2) is 6.29 Å². The van der Waals surface area contributed by atoms with Gasteiger partial charge in [-0.2, -0.15) is 0 Å². The predicted octanol–water partition coefficient (Wildman–Crippen LogP) is 3.46. The van der Waals surface area contributed by atoms with E-state index >= 15 is 0 Å². The van der Waals surface area contributed by atoms with Crippen molar-refractivity contribution in [3.05, 3.63) is 0 Å². The Balaban J connectivity index is 1.88. The van der Waals surface area contributed by atoms with Gasteiger partial charge in [0.1, 0.15) is 0 Å². The summed E-state index contributed by atoms with van der Waals surface area (Å²) in [5.41, 5.74) is 0. The molecule has 3 rings (SSSR count). The zero-order valence-corrected chi connectivity index (χ0v) is 11.4. The second kappa shape index (κ2) is 4.55. The molecule has 2 unspecified atom stereocenters. The van der Waals surface area contributed by atoms with Crippen LogP contribution < -0.4 is 0 Å². The molecule has 2 aliphatic heterocycles. The van der Waals surface area contributed by atoms with E-state index in [-0.39, 0.29) is 6.29 Å². The highest BCUT2D eigenvalue weighted by Crippen LogP contribution is 2.50. The summed E-state index contributed by atoms with van der Waals surface area (Å²) in [6, 6.07) is 0. The molecule has 0 N–H and O–H groups in total. The summed E-state index contributed by atoms with van der Waals surface area (Å²) in [7, 11) is 0. The summed E-state index contributed by atoms with van der Waals surface area (Å²) in [4.78, 5) is 0. The van der Waals surface area contributed by atoms with Crippen LogP contribution in [0, 0.1) is 29.6 Å². The quantitative estimate of drug-likeness (QED) is 0.643. The van der Waals surface area contributed by atoms with Crippen LogP contribution in [0.5, 0.6) is 0 Å². The predicted molar refractivity (Wildman–Crippen MR) is 67.6 cm³/mol. The van der Waals surface area contributed by atoms with E-state index < -0.39 is 0 Å². The van der Waals surface area contributed by atoms with Crippen molar-refractivity contribution in [3.8, 4) is 0 Å².